The van der Waals surface area contributed by atoms with Crippen LogP contribution in [0.15, 0.2) is 34.9 Å². The molecule has 0 radical (unpaired) electrons. The minimum Gasteiger partial charge on any atom is -0.392 e. The van der Waals surface area contributed by atoms with Crippen molar-refractivity contribution >= 4 is 0 Å². The van der Waals surface area contributed by atoms with Gasteiger partial charge in [-0.3, -0.25) is 0 Å². The van der Waals surface area contributed by atoms with Gasteiger partial charge in [0, 0.05) is 0 Å². The summed E-state index contributed by atoms with van der Waals surface area (Å²) in [5.74, 6) is 0.559. The van der Waals surface area contributed by atoms with Crippen molar-refractivity contribution in [1.82, 2.24) is 0 Å². The Morgan fingerprint density at radius 1 is 1.44 bits per heavy atom. The average Bonchev–Trinajstić information content (AvgIpc) is 2.29. The molecule has 1 atom stereocenters. The molecule has 1 N–H and O–H groups in total. The van der Waals surface area contributed by atoms with Crippen molar-refractivity contribution in [2.75, 3.05) is 6.61 Å². The quantitative estimate of drug-likeness (QED) is 0.718. The van der Waals surface area contributed by atoms with Crippen molar-refractivity contribution in [2.45, 2.75) is 53.9 Å². The Morgan fingerprint density at radius 2 is 2.06 bits per heavy atom. The van der Waals surface area contributed by atoms with E-state index in [1.807, 2.05) is 6.92 Å². The lowest BCUT2D eigenvalue weighted by Crippen LogP contribution is -2.30. The molecule has 0 bridgehead atoms. The topological polar surface area (TPSA) is 20.2 Å². The number of allylic oxidation sites excluding steroid dienone is 4. The van der Waals surface area contributed by atoms with E-state index in [0.29, 0.717) is 11.3 Å². The summed E-state index contributed by atoms with van der Waals surface area (Å²) in [4.78, 5) is 0. The summed E-state index contributed by atoms with van der Waals surface area (Å²) in [7, 11) is 0. The summed E-state index contributed by atoms with van der Waals surface area (Å²) in [5, 5.41) is 9.01. The van der Waals surface area contributed by atoms with Gasteiger partial charge in [-0.05, 0) is 62.5 Å². The van der Waals surface area contributed by atoms with Crippen LogP contribution in [0.5, 0.6) is 0 Å². The molecular formula is C17H28O. The summed E-state index contributed by atoms with van der Waals surface area (Å²) >= 11 is 0. The summed E-state index contributed by atoms with van der Waals surface area (Å²) in [6, 6.07) is 0. The number of hydrogen-bond donors (Lipinski definition) is 1. The molecule has 1 aliphatic rings. The van der Waals surface area contributed by atoms with E-state index in [2.05, 4.69) is 40.3 Å². The van der Waals surface area contributed by atoms with Crippen LogP contribution in [0.2, 0.25) is 0 Å². The van der Waals surface area contributed by atoms with Crippen molar-refractivity contribution in [2.24, 2.45) is 11.3 Å². The zero-order valence-electron chi connectivity index (χ0n) is 12.6. The Bertz CT molecular complexity index is 382. The van der Waals surface area contributed by atoms with Crippen molar-refractivity contribution in [3.8, 4) is 0 Å². The Balaban J connectivity index is 2.78. The maximum Gasteiger partial charge on any atom is 0.0639 e. The smallest absolute Gasteiger partial charge is 0.0639 e. The number of hydrogen-bond acceptors (Lipinski definition) is 1. The second-order valence-corrected chi connectivity index (χ2v) is 6.43. The molecule has 0 aromatic heterocycles. The Labute approximate surface area is 112 Å². The summed E-state index contributed by atoms with van der Waals surface area (Å²) in [5.41, 5.74) is 5.59. The van der Waals surface area contributed by atoms with Crippen molar-refractivity contribution in [1.29, 1.82) is 0 Å². The second kappa shape index (κ2) is 5.88. The van der Waals surface area contributed by atoms with Crippen LogP contribution >= 0.6 is 0 Å². The summed E-state index contributed by atoms with van der Waals surface area (Å²) < 4.78 is 0. The highest BCUT2D eigenvalue weighted by Gasteiger charge is 2.35. The highest BCUT2D eigenvalue weighted by molar-refractivity contribution is 5.38. The molecule has 0 amide bonds. The van der Waals surface area contributed by atoms with E-state index >= 15 is 0 Å². The third kappa shape index (κ3) is 3.35. The number of aliphatic hydroxyl groups excluding tert-OH is 1. The van der Waals surface area contributed by atoms with Crippen molar-refractivity contribution in [3.05, 3.63) is 34.9 Å². The molecular weight excluding hydrogens is 220 g/mol. The zero-order chi connectivity index (χ0) is 13.9. The van der Waals surface area contributed by atoms with Gasteiger partial charge in [0.25, 0.3) is 0 Å². The molecule has 102 valence electrons. The van der Waals surface area contributed by atoms with E-state index in [9.17, 15) is 0 Å². The summed E-state index contributed by atoms with van der Waals surface area (Å²) in [6.07, 6.45) is 5.49. The van der Waals surface area contributed by atoms with Gasteiger partial charge < -0.3 is 5.11 Å². The molecule has 1 heteroatoms. The van der Waals surface area contributed by atoms with E-state index in [1.54, 1.807) is 0 Å². The predicted octanol–water partition coefficient (Wildman–Crippen LogP) is 4.64. The van der Waals surface area contributed by atoms with Gasteiger partial charge in [-0.25, -0.2) is 0 Å². The molecule has 0 saturated carbocycles. The molecule has 1 rings (SSSR count). The van der Waals surface area contributed by atoms with Gasteiger partial charge in [0.15, 0.2) is 0 Å². The minimum atomic E-state index is 0.174. The standard InChI is InChI=1S/C17H28O/c1-12(11-18)8-7-9-16-15(4)14(3)13(2)10-17(16,5)6/h8,16,18H,4,7,9-11H2,1-3,5-6H3/b12-8-. The first-order valence-corrected chi connectivity index (χ1v) is 6.91. The first kappa shape index (κ1) is 15.2. The fraction of sp³-hybridized carbons (Fsp3) is 0.647. The van der Waals surface area contributed by atoms with E-state index < -0.39 is 0 Å². The van der Waals surface area contributed by atoms with Gasteiger partial charge in [0.2, 0.25) is 0 Å². The first-order valence-electron chi connectivity index (χ1n) is 6.91. The van der Waals surface area contributed by atoms with Crippen molar-refractivity contribution in [3.63, 3.8) is 0 Å². The second-order valence-electron chi connectivity index (χ2n) is 6.43. The van der Waals surface area contributed by atoms with Gasteiger partial charge in [-0.15, -0.1) is 0 Å². The molecule has 0 aromatic carbocycles. The lowest BCUT2D eigenvalue weighted by Gasteiger charge is -2.41. The SMILES string of the molecule is C=C1C(C)=C(C)CC(C)(C)C1CC/C=C(/C)CO. The monoisotopic (exact) mass is 248 g/mol. The average molecular weight is 248 g/mol. The molecule has 0 aromatic rings. The van der Waals surface area contributed by atoms with Crippen LogP contribution in [-0.4, -0.2) is 11.7 Å². The van der Waals surface area contributed by atoms with Gasteiger partial charge >= 0.3 is 0 Å². The maximum atomic E-state index is 9.01. The van der Waals surface area contributed by atoms with E-state index in [4.69, 9.17) is 5.11 Å². The van der Waals surface area contributed by atoms with E-state index in [0.717, 1.165) is 18.4 Å². The van der Waals surface area contributed by atoms with Crippen LogP contribution in [0.25, 0.3) is 0 Å². The van der Waals surface area contributed by atoms with Crippen molar-refractivity contribution < 1.29 is 5.11 Å². The third-order valence-corrected chi connectivity index (χ3v) is 4.40. The number of aliphatic hydroxyl groups is 1. The minimum absolute atomic E-state index is 0.174. The number of rotatable bonds is 4. The molecule has 0 fully saturated rings. The first-order chi connectivity index (χ1) is 8.29. The molecule has 0 saturated heterocycles. The maximum absolute atomic E-state index is 9.01. The molecule has 0 spiro atoms. The van der Waals surface area contributed by atoms with Gasteiger partial charge in [-0.1, -0.05) is 37.6 Å². The van der Waals surface area contributed by atoms with Crippen LogP contribution in [0.4, 0.5) is 0 Å². The third-order valence-electron chi connectivity index (χ3n) is 4.40. The lowest BCUT2D eigenvalue weighted by molar-refractivity contribution is 0.224. The van der Waals surface area contributed by atoms with Gasteiger partial charge in [0.05, 0.1) is 6.61 Å². The fourth-order valence-electron chi connectivity index (χ4n) is 3.07. The molecule has 0 aliphatic heterocycles. The molecule has 1 aliphatic carbocycles. The van der Waals surface area contributed by atoms with Gasteiger partial charge in [-0.2, -0.15) is 0 Å². The Morgan fingerprint density at radius 3 is 2.61 bits per heavy atom. The largest absolute Gasteiger partial charge is 0.392 e. The van der Waals surface area contributed by atoms with Gasteiger partial charge in [0.1, 0.15) is 0 Å². The zero-order valence-corrected chi connectivity index (χ0v) is 12.6. The fourth-order valence-corrected chi connectivity index (χ4v) is 3.07. The molecule has 0 heterocycles. The van der Waals surface area contributed by atoms with Crippen LogP contribution in [0.1, 0.15) is 53.9 Å². The van der Waals surface area contributed by atoms with Crippen LogP contribution < -0.4 is 0 Å². The molecule has 18 heavy (non-hydrogen) atoms. The molecule has 1 nitrogen and oxygen atoms in total. The van der Waals surface area contributed by atoms with Crippen LogP contribution in [0, 0.1) is 11.3 Å². The molecule has 1 unspecified atom stereocenters. The lowest BCUT2D eigenvalue weighted by atomic mass is 9.63. The van der Waals surface area contributed by atoms with Crippen LogP contribution in [0.3, 0.4) is 0 Å². The highest BCUT2D eigenvalue weighted by Crippen LogP contribution is 2.47. The Kier molecular flexibility index (Phi) is 4.98. The van der Waals surface area contributed by atoms with Crippen LogP contribution in [-0.2, 0) is 0 Å². The predicted molar refractivity (Wildman–Crippen MR) is 79.5 cm³/mol. The Hall–Kier alpha value is -0.820. The normalized spacial score (nSPS) is 24.7. The van der Waals surface area contributed by atoms with E-state index in [-0.39, 0.29) is 6.61 Å². The highest BCUT2D eigenvalue weighted by atomic mass is 16.3. The summed E-state index contributed by atoms with van der Waals surface area (Å²) in [6.45, 7) is 15.6. The van der Waals surface area contributed by atoms with E-state index in [1.165, 1.54) is 23.1 Å².